The van der Waals surface area contributed by atoms with Gasteiger partial charge in [-0.05, 0) is 35.9 Å². The van der Waals surface area contributed by atoms with Crippen LogP contribution in [0, 0.1) is 5.82 Å². The molecule has 0 radical (unpaired) electrons. The Hall–Kier alpha value is -2.61. The van der Waals surface area contributed by atoms with Crippen molar-refractivity contribution in [2.45, 2.75) is 6.42 Å². The highest BCUT2D eigenvalue weighted by molar-refractivity contribution is 7.92. The number of sulfonamides is 1. The van der Waals surface area contributed by atoms with E-state index in [9.17, 15) is 17.6 Å². The second-order valence-electron chi connectivity index (χ2n) is 5.69. The SMILES string of the molecule is COc1ccc(CC(=O)NCCN(c2cccc(F)c2)S(C)(=O)=O)cc1. The van der Waals surface area contributed by atoms with Crippen LogP contribution in [0.4, 0.5) is 10.1 Å². The van der Waals surface area contributed by atoms with Gasteiger partial charge in [0.05, 0.1) is 32.0 Å². The lowest BCUT2D eigenvalue weighted by molar-refractivity contribution is -0.120. The van der Waals surface area contributed by atoms with Gasteiger partial charge < -0.3 is 10.1 Å². The molecule has 2 rings (SSSR count). The first-order valence-corrected chi connectivity index (χ1v) is 9.77. The molecule has 0 aliphatic rings. The zero-order valence-corrected chi connectivity index (χ0v) is 15.4. The van der Waals surface area contributed by atoms with Crippen molar-refractivity contribution < 1.29 is 22.3 Å². The number of nitrogens with zero attached hydrogens (tertiary/aromatic N) is 1. The number of benzene rings is 2. The van der Waals surface area contributed by atoms with E-state index in [0.29, 0.717) is 5.75 Å². The van der Waals surface area contributed by atoms with Crippen LogP contribution in [0.3, 0.4) is 0 Å². The van der Waals surface area contributed by atoms with Gasteiger partial charge in [-0.2, -0.15) is 0 Å². The minimum Gasteiger partial charge on any atom is -0.497 e. The Morgan fingerprint density at radius 2 is 1.88 bits per heavy atom. The molecule has 0 heterocycles. The molecule has 1 N–H and O–H groups in total. The Balaban J connectivity index is 1.93. The first kappa shape index (κ1) is 19.7. The predicted octanol–water partition coefficient (Wildman–Crippen LogP) is 1.96. The number of carbonyl (C=O) groups is 1. The zero-order chi connectivity index (χ0) is 19.2. The Kier molecular flexibility index (Phi) is 6.57. The van der Waals surface area contributed by atoms with Crippen LogP contribution in [0.25, 0.3) is 0 Å². The van der Waals surface area contributed by atoms with Crippen molar-refractivity contribution in [2.75, 3.05) is 30.8 Å². The Bertz CT molecular complexity index is 854. The van der Waals surface area contributed by atoms with Crippen molar-refractivity contribution >= 4 is 21.6 Å². The van der Waals surface area contributed by atoms with Crippen LogP contribution in [0.15, 0.2) is 48.5 Å². The van der Waals surface area contributed by atoms with E-state index in [0.717, 1.165) is 22.2 Å². The van der Waals surface area contributed by atoms with Crippen LogP contribution in [0.1, 0.15) is 5.56 Å². The van der Waals surface area contributed by atoms with Crippen molar-refractivity contribution in [2.24, 2.45) is 0 Å². The van der Waals surface area contributed by atoms with Crippen LogP contribution in [-0.2, 0) is 21.2 Å². The van der Waals surface area contributed by atoms with Gasteiger partial charge in [0.1, 0.15) is 11.6 Å². The van der Waals surface area contributed by atoms with E-state index in [1.165, 1.54) is 18.2 Å². The number of anilines is 1. The number of ether oxygens (including phenoxy) is 1. The minimum atomic E-state index is -3.60. The smallest absolute Gasteiger partial charge is 0.232 e. The van der Waals surface area contributed by atoms with Crippen molar-refractivity contribution in [3.63, 3.8) is 0 Å². The van der Waals surface area contributed by atoms with Crippen molar-refractivity contribution in [1.29, 1.82) is 0 Å². The van der Waals surface area contributed by atoms with Gasteiger partial charge >= 0.3 is 0 Å². The molecule has 0 aliphatic carbocycles. The quantitative estimate of drug-likeness (QED) is 0.760. The minimum absolute atomic E-state index is 0.0106. The van der Waals surface area contributed by atoms with E-state index in [1.807, 2.05) is 0 Å². The molecule has 0 unspecified atom stereocenters. The summed E-state index contributed by atoms with van der Waals surface area (Å²) in [5.74, 6) is -0.0596. The maximum atomic E-state index is 13.4. The van der Waals surface area contributed by atoms with Gasteiger partial charge in [-0.1, -0.05) is 18.2 Å². The molecule has 0 bridgehead atoms. The molecule has 0 spiro atoms. The molecule has 0 atom stereocenters. The van der Waals surface area contributed by atoms with E-state index in [-0.39, 0.29) is 31.1 Å². The molecule has 26 heavy (non-hydrogen) atoms. The number of methoxy groups -OCH3 is 1. The maximum absolute atomic E-state index is 13.4. The Labute approximate surface area is 152 Å². The van der Waals surface area contributed by atoms with Crippen LogP contribution in [0.2, 0.25) is 0 Å². The summed E-state index contributed by atoms with van der Waals surface area (Å²) in [4.78, 5) is 12.0. The third kappa shape index (κ3) is 5.73. The number of hydrogen-bond acceptors (Lipinski definition) is 4. The number of carbonyl (C=O) groups excluding carboxylic acids is 1. The molecule has 0 aliphatic heterocycles. The third-order valence-corrected chi connectivity index (χ3v) is 4.85. The van der Waals surface area contributed by atoms with Crippen molar-refractivity contribution in [3.8, 4) is 5.75 Å². The summed E-state index contributed by atoms with van der Waals surface area (Å²) in [5.41, 5.74) is 1.03. The molecular formula is C18H21FN2O4S. The zero-order valence-electron chi connectivity index (χ0n) is 14.6. The van der Waals surface area contributed by atoms with Crippen LogP contribution < -0.4 is 14.4 Å². The molecule has 0 fully saturated rings. The summed E-state index contributed by atoms with van der Waals surface area (Å²) in [6, 6.07) is 12.4. The van der Waals surface area contributed by atoms with Gasteiger partial charge in [-0.25, -0.2) is 12.8 Å². The summed E-state index contributed by atoms with van der Waals surface area (Å²) in [7, 11) is -2.03. The molecule has 140 valence electrons. The van der Waals surface area contributed by atoms with Crippen molar-refractivity contribution in [3.05, 3.63) is 59.9 Å². The van der Waals surface area contributed by atoms with Gasteiger partial charge in [-0.15, -0.1) is 0 Å². The second kappa shape index (κ2) is 8.66. The molecule has 0 aromatic heterocycles. The fourth-order valence-electron chi connectivity index (χ4n) is 2.41. The number of halogens is 1. The van der Waals surface area contributed by atoms with Gasteiger partial charge in [0.15, 0.2) is 0 Å². The molecule has 0 saturated heterocycles. The molecule has 6 nitrogen and oxygen atoms in total. The highest BCUT2D eigenvalue weighted by Crippen LogP contribution is 2.18. The average Bonchev–Trinajstić information content (AvgIpc) is 2.58. The maximum Gasteiger partial charge on any atom is 0.232 e. The van der Waals surface area contributed by atoms with Gasteiger partial charge in [0.2, 0.25) is 15.9 Å². The monoisotopic (exact) mass is 380 g/mol. The number of hydrogen-bond donors (Lipinski definition) is 1. The number of nitrogens with one attached hydrogen (secondary N) is 1. The summed E-state index contributed by atoms with van der Waals surface area (Å²) in [6.07, 6.45) is 1.21. The molecule has 2 aromatic rings. The first-order chi connectivity index (χ1) is 12.3. The fourth-order valence-corrected chi connectivity index (χ4v) is 3.33. The largest absolute Gasteiger partial charge is 0.497 e. The lowest BCUT2D eigenvalue weighted by Gasteiger charge is -2.22. The molecule has 1 amide bonds. The van der Waals surface area contributed by atoms with E-state index >= 15 is 0 Å². The van der Waals surface area contributed by atoms with Crippen LogP contribution in [-0.4, -0.2) is 40.8 Å². The average molecular weight is 380 g/mol. The van der Waals surface area contributed by atoms with Gasteiger partial charge in [0, 0.05) is 6.54 Å². The summed E-state index contributed by atoms with van der Waals surface area (Å²) in [5, 5.41) is 2.68. The highest BCUT2D eigenvalue weighted by Gasteiger charge is 2.17. The summed E-state index contributed by atoms with van der Waals surface area (Å²) in [6.45, 7) is 0.120. The lowest BCUT2D eigenvalue weighted by atomic mass is 10.1. The van der Waals surface area contributed by atoms with Crippen LogP contribution in [0.5, 0.6) is 5.75 Å². The molecule has 8 heteroatoms. The fraction of sp³-hybridized carbons (Fsp3) is 0.278. The lowest BCUT2D eigenvalue weighted by Crippen LogP contribution is -2.38. The van der Waals surface area contributed by atoms with E-state index in [2.05, 4.69) is 5.32 Å². The van der Waals surface area contributed by atoms with Gasteiger partial charge in [-0.3, -0.25) is 9.10 Å². The van der Waals surface area contributed by atoms with Crippen LogP contribution >= 0.6 is 0 Å². The molecule has 2 aromatic carbocycles. The Morgan fingerprint density at radius 1 is 1.19 bits per heavy atom. The van der Waals surface area contributed by atoms with E-state index in [1.54, 1.807) is 31.4 Å². The number of amides is 1. The highest BCUT2D eigenvalue weighted by atomic mass is 32.2. The topological polar surface area (TPSA) is 75.7 Å². The normalized spacial score (nSPS) is 11.0. The van der Waals surface area contributed by atoms with Crippen molar-refractivity contribution in [1.82, 2.24) is 5.32 Å². The van der Waals surface area contributed by atoms with Gasteiger partial charge in [0.25, 0.3) is 0 Å². The van der Waals surface area contributed by atoms with E-state index in [4.69, 9.17) is 4.74 Å². The van der Waals surface area contributed by atoms with E-state index < -0.39 is 15.8 Å². The molecule has 0 saturated carbocycles. The molecular weight excluding hydrogens is 359 g/mol. The second-order valence-corrected chi connectivity index (χ2v) is 7.60. The summed E-state index contributed by atoms with van der Waals surface area (Å²) < 4.78 is 43.4. The first-order valence-electron chi connectivity index (χ1n) is 7.92. The standard InChI is InChI=1S/C18H21FN2O4S/c1-25-17-8-6-14(7-9-17)12-18(22)20-10-11-21(26(2,23)24)16-5-3-4-15(19)13-16/h3-9,13H,10-12H2,1-2H3,(H,20,22). The predicted molar refractivity (Wildman–Crippen MR) is 98.3 cm³/mol. The Morgan fingerprint density at radius 3 is 2.46 bits per heavy atom. The third-order valence-electron chi connectivity index (χ3n) is 3.66. The number of rotatable bonds is 8. The summed E-state index contributed by atoms with van der Waals surface area (Å²) >= 11 is 0.